The maximum absolute atomic E-state index is 13.1. The van der Waals surface area contributed by atoms with E-state index >= 15 is 0 Å². The zero-order valence-electron chi connectivity index (χ0n) is 9.03. The molecule has 3 nitrogen and oxygen atoms in total. The van der Waals surface area contributed by atoms with Crippen molar-refractivity contribution in [1.29, 1.82) is 0 Å². The molecule has 1 atom stereocenters. The van der Waals surface area contributed by atoms with Gasteiger partial charge in [0.1, 0.15) is 5.82 Å². The van der Waals surface area contributed by atoms with Crippen LogP contribution in [-0.4, -0.2) is 15.0 Å². The summed E-state index contributed by atoms with van der Waals surface area (Å²) in [5.74, 6) is -0.844. The molecule has 94 valence electrons. The zero-order valence-corrected chi connectivity index (χ0v) is 10.6. The van der Waals surface area contributed by atoms with Crippen LogP contribution in [0, 0.1) is 5.82 Å². The van der Waals surface area contributed by atoms with E-state index in [1.807, 2.05) is 0 Å². The van der Waals surface area contributed by atoms with E-state index in [1.54, 1.807) is 6.07 Å². The highest BCUT2D eigenvalue weighted by Crippen LogP contribution is 2.32. The molecule has 1 heterocycles. The molecule has 1 aliphatic rings. The number of hydrogen-bond donors (Lipinski definition) is 0. The second kappa shape index (κ2) is 4.92. The number of rotatable bonds is 3. The molecular formula is C11H12ClFO3S. The van der Waals surface area contributed by atoms with Crippen LogP contribution in [0.2, 0.25) is 0 Å². The third-order valence-electron chi connectivity index (χ3n) is 2.71. The van der Waals surface area contributed by atoms with Crippen LogP contribution in [0.1, 0.15) is 30.1 Å². The highest BCUT2D eigenvalue weighted by molar-refractivity contribution is 8.13. The Kier molecular flexibility index (Phi) is 3.70. The molecule has 0 amide bonds. The minimum atomic E-state index is -3.70. The van der Waals surface area contributed by atoms with Gasteiger partial charge in [-0.25, -0.2) is 12.8 Å². The molecule has 0 spiro atoms. The predicted octanol–water partition coefficient (Wildman–Crippen LogP) is 2.75. The van der Waals surface area contributed by atoms with E-state index in [-0.39, 0.29) is 11.9 Å². The Balaban J connectivity index is 2.36. The van der Waals surface area contributed by atoms with E-state index in [0.717, 1.165) is 12.8 Å². The van der Waals surface area contributed by atoms with Gasteiger partial charge in [0.25, 0.3) is 0 Å². The standard InChI is InChI=1S/C11H12ClFO3S/c12-17(14,15)7-8-6-9(13)3-4-10(8)11-2-1-5-16-11/h3-4,6,11H,1-2,5,7H2. The Hall–Kier alpha value is -0.650. The largest absolute Gasteiger partial charge is 0.374 e. The number of benzene rings is 1. The third-order valence-corrected chi connectivity index (χ3v) is 3.69. The van der Waals surface area contributed by atoms with Gasteiger partial charge in [-0.3, -0.25) is 0 Å². The van der Waals surface area contributed by atoms with Crippen LogP contribution in [0.15, 0.2) is 18.2 Å². The third kappa shape index (κ3) is 3.40. The van der Waals surface area contributed by atoms with Crippen molar-refractivity contribution in [1.82, 2.24) is 0 Å². The number of halogens is 2. The van der Waals surface area contributed by atoms with Gasteiger partial charge in [0.15, 0.2) is 0 Å². The smallest absolute Gasteiger partial charge is 0.236 e. The average Bonchev–Trinajstić information content (AvgIpc) is 2.68. The van der Waals surface area contributed by atoms with Gasteiger partial charge < -0.3 is 4.74 Å². The fraction of sp³-hybridized carbons (Fsp3) is 0.455. The lowest BCUT2D eigenvalue weighted by Gasteiger charge is -2.14. The first kappa shape index (κ1) is 12.8. The minimum absolute atomic E-state index is 0.149. The van der Waals surface area contributed by atoms with E-state index in [0.29, 0.717) is 17.7 Å². The Bertz CT molecular complexity index is 509. The Morgan fingerprint density at radius 1 is 1.47 bits per heavy atom. The molecule has 6 heteroatoms. The highest BCUT2D eigenvalue weighted by Gasteiger charge is 2.22. The van der Waals surface area contributed by atoms with Crippen LogP contribution >= 0.6 is 10.7 Å². The molecule has 0 bridgehead atoms. The number of hydrogen-bond acceptors (Lipinski definition) is 3. The predicted molar refractivity (Wildman–Crippen MR) is 62.8 cm³/mol. The van der Waals surface area contributed by atoms with Gasteiger partial charge in [0.2, 0.25) is 9.05 Å². The first-order chi connectivity index (χ1) is 7.96. The fourth-order valence-electron chi connectivity index (χ4n) is 2.02. The molecule has 17 heavy (non-hydrogen) atoms. The van der Waals surface area contributed by atoms with Crippen LogP contribution in [0.5, 0.6) is 0 Å². The summed E-state index contributed by atoms with van der Waals surface area (Å²) < 4.78 is 40.8. The molecule has 0 aromatic heterocycles. The summed E-state index contributed by atoms with van der Waals surface area (Å²) in [6, 6.07) is 4.08. The molecule has 1 unspecified atom stereocenters. The van der Waals surface area contributed by atoms with Crippen molar-refractivity contribution in [2.24, 2.45) is 0 Å². The SMILES string of the molecule is O=S(=O)(Cl)Cc1cc(F)ccc1C1CCCO1. The van der Waals surface area contributed by atoms with Gasteiger partial charge in [-0.05, 0) is 36.1 Å². The van der Waals surface area contributed by atoms with Crippen molar-refractivity contribution in [2.45, 2.75) is 24.7 Å². The summed E-state index contributed by atoms with van der Waals surface area (Å²) in [6.45, 7) is 0.648. The molecule has 1 fully saturated rings. The van der Waals surface area contributed by atoms with Gasteiger partial charge in [0.05, 0.1) is 11.9 Å². The maximum Gasteiger partial charge on any atom is 0.236 e. The van der Waals surface area contributed by atoms with E-state index < -0.39 is 14.9 Å². The molecule has 1 saturated heterocycles. The molecule has 0 saturated carbocycles. The molecule has 0 aliphatic carbocycles. The highest BCUT2D eigenvalue weighted by atomic mass is 35.7. The first-order valence-electron chi connectivity index (χ1n) is 5.28. The molecule has 0 N–H and O–H groups in total. The van der Waals surface area contributed by atoms with E-state index in [2.05, 4.69) is 0 Å². The van der Waals surface area contributed by atoms with Gasteiger partial charge in [-0.1, -0.05) is 6.07 Å². The Morgan fingerprint density at radius 2 is 2.24 bits per heavy atom. The van der Waals surface area contributed by atoms with Crippen LogP contribution in [-0.2, 0) is 19.5 Å². The van der Waals surface area contributed by atoms with Gasteiger partial charge in [0, 0.05) is 17.3 Å². The summed E-state index contributed by atoms with van der Waals surface area (Å²) in [5, 5.41) is 0. The van der Waals surface area contributed by atoms with Crippen LogP contribution in [0.4, 0.5) is 4.39 Å². The Morgan fingerprint density at radius 3 is 2.82 bits per heavy atom. The average molecular weight is 279 g/mol. The minimum Gasteiger partial charge on any atom is -0.374 e. The van der Waals surface area contributed by atoms with Gasteiger partial charge in [-0.2, -0.15) is 0 Å². The number of ether oxygens (including phenoxy) is 1. The lowest BCUT2D eigenvalue weighted by molar-refractivity contribution is 0.111. The molecule has 2 rings (SSSR count). The molecule has 1 aliphatic heterocycles. The zero-order chi connectivity index (χ0) is 12.5. The lowest BCUT2D eigenvalue weighted by atomic mass is 10.0. The normalized spacial score (nSPS) is 20.7. The van der Waals surface area contributed by atoms with E-state index in [1.165, 1.54) is 12.1 Å². The summed E-state index contributed by atoms with van der Waals surface area (Å²) in [4.78, 5) is 0. The lowest BCUT2D eigenvalue weighted by Crippen LogP contribution is -2.05. The topological polar surface area (TPSA) is 43.4 Å². The fourth-order valence-corrected chi connectivity index (χ4v) is 3.00. The monoisotopic (exact) mass is 278 g/mol. The summed E-state index contributed by atoms with van der Waals surface area (Å²) in [7, 11) is 1.51. The van der Waals surface area contributed by atoms with Crippen molar-refractivity contribution in [2.75, 3.05) is 6.61 Å². The molecular weight excluding hydrogens is 267 g/mol. The van der Waals surface area contributed by atoms with Gasteiger partial charge >= 0.3 is 0 Å². The van der Waals surface area contributed by atoms with Gasteiger partial charge in [-0.15, -0.1) is 0 Å². The van der Waals surface area contributed by atoms with E-state index in [4.69, 9.17) is 15.4 Å². The van der Waals surface area contributed by atoms with Crippen molar-refractivity contribution >= 4 is 19.7 Å². The second-order valence-electron chi connectivity index (χ2n) is 4.03. The van der Waals surface area contributed by atoms with Crippen LogP contribution in [0.25, 0.3) is 0 Å². The van der Waals surface area contributed by atoms with Crippen molar-refractivity contribution in [3.8, 4) is 0 Å². The first-order valence-corrected chi connectivity index (χ1v) is 7.76. The molecule has 1 aromatic carbocycles. The van der Waals surface area contributed by atoms with E-state index in [9.17, 15) is 12.8 Å². The molecule has 1 aromatic rings. The second-order valence-corrected chi connectivity index (χ2v) is 6.80. The quantitative estimate of drug-likeness (QED) is 0.799. The van der Waals surface area contributed by atoms with Crippen molar-refractivity contribution in [3.05, 3.63) is 35.1 Å². The Labute approximate surface area is 104 Å². The maximum atomic E-state index is 13.1. The van der Waals surface area contributed by atoms with Crippen molar-refractivity contribution in [3.63, 3.8) is 0 Å². The van der Waals surface area contributed by atoms with Crippen LogP contribution in [0.3, 0.4) is 0 Å². The summed E-state index contributed by atoms with van der Waals surface area (Å²) in [5.41, 5.74) is 1.10. The molecule has 0 radical (unpaired) electrons. The summed E-state index contributed by atoms with van der Waals surface area (Å²) in [6.07, 6.45) is 1.60. The summed E-state index contributed by atoms with van der Waals surface area (Å²) >= 11 is 0. The van der Waals surface area contributed by atoms with Crippen LogP contribution < -0.4 is 0 Å². The van der Waals surface area contributed by atoms with Crippen molar-refractivity contribution < 1.29 is 17.5 Å².